The Morgan fingerprint density at radius 3 is 2.30 bits per heavy atom. The summed E-state index contributed by atoms with van der Waals surface area (Å²) in [5, 5.41) is 13.8. The van der Waals surface area contributed by atoms with Gasteiger partial charge in [-0.2, -0.15) is 0 Å². The minimum absolute atomic E-state index is 0.00566. The van der Waals surface area contributed by atoms with Crippen molar-refractivity contribution in [1.29, 1.82) is 0 Å². The Labute approximate surface area is 134 Å². The van der Waals surface area contributed by atoms with E-state index in [2.05, 4.69) is 5.32 Å². The number of benzene rings is 2. The molecule has 1 aliphatic rings. The number of amides is 1. The summed E-state index contributed by atoms with van der Waals surface area (Å²) in [4.78, 5) is 22.2. The molecule has 0 aliphatic carbocycles. The second kappa shape index (κ2) is 5.83. The van der Waals surface area contributed by atoms with Crippen LogP contribution in [0.5, 0.6) is 0 Å². The summed E-state index contributed by atoms with van der Waals surface area (Å²) in [6.45, 7) is 4.09. The van der Waals surface area contributed by atoms with Crippen LogP contribution in [0.3, 0.4) is 0 Å². The fourth-order valence-corrected chi connectivity index (χ4v) is 3.15. The van der Waals surface area contributed by atoms with E-state index >= 15 is 0 Å². The van der Waals surface area contributed by atoms with Crippen molar-refractivity contribution in [3.05, 3.63) is 64.2 Å². The zero-order chi connectivity index (χ0) is 16.6. The van der Waals surface area contributed by atoms with Crippen LogP contribution in [0.1, 0.15) is 25.5 Å². The fraction of sp³-hybridized carbons (Fsp3) is 0.278. The first-order valence-corrected chi connectivity index (χ1v) is 7.63. The lowest BCUT2D eigenvalue weighted by molar-refractivity contribution is -0.384. The molecule has 118 valence electrons. The monoisotopic (exact) mass is 310 g/mol. The zero-order valence-electron chi connectivity index (χ0n) is 13.0. The molecule has 5 nitrogen and oxygen atoms in total. The molecule has 2 aromatic rings. The molecule has 0 radical (unpaired) electrons. The maximum absolute atomic E-state index is 11.8. The Morgan fingerprint density at radius 2 is 1.74 bits per heavy atom. The van der Waals surface area contributed by atoms with Gasteiger partial charge in [0.15, 0.2) is 0 Å². The standard InChI is InChI=1S/C18H18N2O3/c1-11(2)16-17(19-18(16)21)15-6-4-3-5-14(15)12-7-9-13(10-8-12)20(22)23/h3-11,16-17H,1-2H3,(H,19,21)/t16-,17+/m0/s1. The number of rotatable bonds is 4. The van der Waals surface area contributed by atoms with Gasteiger partial charge in [-0.25, -0.2) is 0 Å². The van der Waals surface area contributed by atoms with Crippen molar-refractivity contribution >= 4 is 11.6 Å². The third-order valence-corrected chi connectivity index (χ3v) is 4.36. The van der Waals surface area contributed by atoms with Crippen molar-refractivity contribution in [2.24, 2.45) is 11.8 Å². The molecule has 0 spiro atoms. The predicted molar refractivity (Wildman–Crippen MR) is 87.7 cm³/mol. The van der Waals surface area contributed by atoms with E-state index in [1.165, 1.54) is 12.1 Å². The van der Waals surface area contributed by atoms with Gasteiger partial charge < -0.3 is 5.32 Å². The van der Waals surface area contributed by atoms with Gasteiger partial charge in [0.2, 0.25) is 5.91 Å². The third-order valence-electron chi connectivity index (χ3n) is 4.36. The van der Waals surface area contributed by atoms with E-state index in [4.69, 9.17) is 0 Å². The Hall–Kier alpha value is -2.69. The van der Waals surface area contributed by atoms with Gasteiger partial charge in [-0.15, -0.1) is 0 Å². The van der Waals surface area contributed by atoms with Gasteiger partial charge in [0.1, 0.15) is 0 Å². The number of non-ortho nitro benzene ring substituents is 1. The van der Waals surface area contributed by atoms with Crippen molar-refractivity contribution < 1.29 is 9.72 Å². The number of hydrogen-bond donors (Lipinski definition) is 1. The molecule has 2 aromatic carbocycles. The smallest absolute Gasteiger partial charge is 0.269 e. The molecule has 1 aliphatic heterocycles. The number of β-lactam (4-membered cyclic amide) rings is 1. The fourth-order valence-electron chi connectivity index (χ4n) is 3.15. The molecule has 1 saturated heterocycles. The molecule has 0 unspecified atom stereocenters. The van der Waals surface area contributed by atoms with E-state index in [1.54, 1.807) is 12.1 Å². The minimum atomic E-state index is -0.406. The van der Waals surface area contributed by atoms with Crippen molar-refractivity contribution in [2.45, 2.75) is 19.9 Å². The van der Waals surface area contributed by atoms with Crippen LogP contribution >= 0.6 is 0 Å². The average Bonchev–Trinajstić information content (AvgIpc) is 2.52. The van der Waals surface area contributed by atoms with Crippen LogP contribution in [0.4, 0.5) is 5.69 Å². The van der Waals surface area contributed by atoms with E-state index in [0.717, 1.165) is 16.7 Å². The molecule has 1 N–H and O–H groups in total. The molecule has 1 amide bonds. The largest absolute Gasteiger partial charge is 0.348 e. The first-order valence-electron chi connectivity index (χ1n) is 7.63. The maximum Gasteiger partial charge on any atom is 0.269 e. The van der Waals surface area contributed by atoms with Gasteiger partial charge in [-0.3, -0.25) is 14.9 Å². The SMILES string of the molecule is CC(C)[C@@H]1C(=O)N[C@@H]1c1ccccc1-c1ccc([N+](=O)[O-])cc1. The first-order chi connectivity index (χ1) is 11.0. The summed E-state index contributed by atoms with van der Waals surface area (Å²) >= 11 is 0. The number of nitrogens with one attached hydrogen (secondary N) is 1. The number of hydrogen-bond acceptors (Lipinski definition) is 3. The second-order valence-corrected chi connectivity index (χ2v) is 6.15. The van der Waals surface area contributed by atoms with E-state index in [9.17, 15) is 14.9 Å². The van der Waals surface area contributed by atoms with Crippen LogP contribution in [-0.4, -0.2) is 10.8 Å². The molecular formula is C18H18N2O3. The lowest BCUT2D eigenvalue weighted by Gasteiger charge is -2.40. The van der Waals surface area contributed by atoms with Crippen LogP contribution in [0, 0.1) is 22.0 Å². The van der Waals surface area contributed by atoms with Gasteiger partial charge in [-0.1, -0.05) is 38.1 Å². The molecule has 0 aromatic heterocycles. The van der Waals surface area contributed by atoms with Gasteiger partial charge in [0, 0.05) is 12.1 Å². The Balaban J connectivity index is 1.98. The highest BCUT2D eigenvalue weighted by Crippen LogP contribution is 2.40. The van der Waals surface area contributed by atoms with Crippen molar-refractivity contribution in [2.75, 3.05) is 0 Å². The molecule has 0 saturated carbocycles. The zero-order valence-corrected chi connectivity index (χ0v) is 13.0. The van der Waals surface area contributed by atoms with Crippen LogP contribution in [-0.2, 0) is 4.79 Å². The Bertz CT molecular complexity index is 753. The molecule has 0 bridgehead atoms. The molecule has 1 heterocycles. The highest BCUT2D eigenvalue weighted by molar-refractivity contribution is 5.88. The molecule has 5 heteroatoms. The normalized spacial score (nSPS) is 20.0. The lowest BCUT2D eigenvalue weighted by atomic mass is 9.76. The van der Waals surface area contributed by atoms with Gasteiger partial charge >= 0.3 is 0 Å². The number of nitro benzene ring substituents is 1. The van der Waals surface area contributed by atoms with Crippen LogP contribution in [0.25, 0.3) is 11.1 Å². The predicted octanol–water partition coefficient (Wildman–Crippen LogP) is 3.70. The number of carbonyl (C=O) groups excluding carboxylic acids is 1. The molecule has 3 rings (SSSR count). The highest BCUT2D eigenvalue weighted by atomic mass is 16.6. The Morgan fingerprint density at radius 1 is 1.09 bits per heavy atom. The summed E-state index contributed by atoms with van der Waals surface area (Å²) in [6.07, 6.45) is 0. The minimum Gasteiger partial charge on any atom is -0.348 e. The molecule has 1 fully saturated rings. The molecule has 23 heavy (non-hydrogen) atoms. The summed E-state index contributed by atoms with van der Waals surface area (Å²) in [5.41, 5.74) is 3.04. The number of nitrogens with zero attached hydrogens (tertiary/aromatic N) is 1. The van der Waals surface area contributed by atoms with Crippen molar-refractivity contribution in [3.63, 3.8) is 0 Å². The number of carbonyl (C=O) groups is 1. The van der Waals surface area contributed by atoms with E-state index < -0.39 is 4.92 Å². The number of nitro groups is 1. The third kappa shape index (κ3) is 2.70. The maximum atomic E-state index is 11.8. The lowest BCUT2D eigenvalue weighted by Crippen LogP contribution is -2.53. The average molecular weight is 310 g/mol. The summed E-state index contributed by atoms with van der Waals surface area (Å²) in [7, 11) is 0. The highest BCUT2D eigenvalue weighted by Gasteiger charge is 2.42. The molecular weight excluding hydrogens is 292 g/mol. The molecule has 2 atom stereocenters. The Kier molecular flexibility index (Phi) is 3.86. The second-order valence-electron chi connectivity index (χ2n) is 6.15. The van der Waals surface area contributed by atoms with Crippen LogP contribution in [0.15, 0.2) is 48.5 Å². The van der Waals surface area contributed by atoms with Gasteiger partial charge in [-0.05, 0) is 34.7 Å². The van der Waals surface area contributed by atoms with Crippen molar-refractivity contribution in [3.8, 4) is 11.1 Å². The van der Waals surface area contributed by atoms with Gasteiger partial charge in [0.05, 0.1) is 16.9 Å². The van der Waals surface area contributed by atoms with Crippen LogP contribution in [0.2, 0.25) is 0 Å². The van der Waals surface area contributed by atoms with E-state index in [-0.39, 0.29) is 29.5 Å². The van der Waals surface area contributed by atoms with E-state index in [0.29, 0.717) is 0 Å². The van der Waals surface area contributed by atoms with Gasteiger partial charge in [0.25, 0.3) is 5.69 Å². The topological polar surface area (TPSA) is 72.2 Å². The summed E-state index contributed by atoms with van der Waals surface area (Å²) in [6, 6.07) is 14.4. The first kappa shape index (κ1) is 15.2. The summed E-state index contributed by atoms with van der Waals surface area (Å²) in [5.74, 6) is 0.316. The quantitative estimate of drug-likeness (QED) is 0.531. The van der Waals surface area contributed by atoms with Crippen molar-refractivity contribution in [1.82, 2.24) is 5.32 Å². The summed E-state index contributed by atoms with van der Waals surface area (Å²) < 4.78 is 0. The van der Waals surface area contributed by atoms with Crippen LogP contribution < -0.4 is 5.32 Å². The van der Waals surface area contributed by atoms with E-state index in [1.807, 2.05) is 38.1 Å².